The van der Waals surface area contributed by atoms with Gasteiger partial charge in [0.2, 0.25) is 0 Å². The zero-order valence-corrected chi connectivity index (χ0v) is 10.3. The van der Waals surface area contributed by atoms with Crippen molar-refractivity contribution in [2.45, 2.75) is 24.7 Å². The number of carbonyl (C=O) groups is 2. The molecule has 0 aromatic carbocycles. The van der Waals surface area contributed by atoms with Crippen molar-refractivity contribution in [1.82, 2.24) is 0 Å². The van der Waals surface area contributed by atoms with Crippen LogP contribution in [0.1, 0.15) is 0 Å². The van der Waals surface area contributed by atoms with Crippen molar-refractivity contribution in [3.63, 3.8) is 0 Å². The number of hydrogen-bond donors (Lipinski definition) is 0. The summed E-state index contributed by atoms with van der Waals surface area (Å²) in [5, 5.41) is 0. The summed E-state index contributed by atoms with van der Waals surface area (Å²) in [6.45, 7) is 0. The van der Waals surface area contributed by atoms with Crippen LogP contribution >= 0.6 is 0 Å². The molecule has 0 rings (SSSR count). The van der Waals surface area contributed by atoms with E-state index in [0.29, 0.717) is 0 Å². The Labute approximate surface area is 122 Å². The molecule has 0 aliphatic carbocycles. The molecular weight excluding hydrogens is 388 g/mol. The Balaban J connectivity index is 5.24. The zero-order valence-electron chi connectivity index (χ0n) is 10.3. The van der Waals surface area contributed by atoms with Gasteiger partial charge in [-0.2, -0.15) is 52.7 Å². The third-order valence-corrected chi connectivity index (χ3v) is 1.99. The number of halogens is 12. The van der Waals surface area contributed by atoms with E-state index in [1.165, 1.54) is 0 Å². The topological polar surface area (TPSA) is 52.6 Å². The Morgan fingerprint density at radius 2 is 0.667 bits per heavy atom. The van der Waals surface area contributed by atoms with Gasteiger partial charge in [0.25, 0.3) is 11.8 Å². The third kappa shape index (κ3) is 5.95. The Kier molecular flexibility index (Phi) is 6.02. The van der Waals surface area contributed by atoms with E-state index in [2.05, 4.69) is 9.78 Å². The van der Waals surface area contributed by atoms with Gasteiger partial charge in [-0.1, -0.05) is 0 Å². The zero-order chi connectivity index (χ0) is 19.7. The summed E-state index contributed by atoms with van der Waals surface area (Å²) in [5.74, 6) is -16.9. The summed E-state index contributed by atoms with van der Waals surface area (Å²) in [4.78, 5) is 26.2. The molecule has 0 saturated heterocycles. The SMILES string of the molecule is O=C(OOC(=O)C(C(F)(F)F)C(F)(F)F)C(C(F)(F)F)C(F)(F)F. The first-order chi connectivity index (χ1) is 10.3. The van der Waals surface area contributed by atoms with E-state index in [1.807, 2.05) is 0 Å². The normalized spacial score (nSPS) is 14.1. The summed E-state index contributed by atoms with van der Waals surface area (Å²) in [6, 6.07) is 0. The van der Waals surface area contributed by atoms with Gasteiger partial charge in [0, 0.05) is 0 Å². The lowest BCUT2D eigenvalue weighted by Crippen LogP contribution is -2.46. The van der Waals surface area contributed by atoms with Crippen LogP contribution in [0.15, 0.2) is 0 Å². The number of carbonyl (C=O) groups excluding carboxylic acids is 2. The highest BCUT2D eigenvalue weighted by atomic mass is 19.4. The number of alkyl halides is 12. The number of hydrogen-bond acceptors (Lipinski definition) is 4. The Morgan fingerprint density at radius 3 is 0.792 bits per heavy atom. The second-order valence-electron chi connectivity index (χ2n) is 3.84. The molecule has 24 heavy (non-hydrogen) atoms. The molecule has 0 aliphatic heterocycles. The minimum atomic E-state index is -6.37. The molecular formula is C8H2F12O4. The molecule has 142 valence electrons. The average molecular weight is 390 g/mol. The molecule has 0 saturated carbocycles. The monoisotopic (exact) mass is 390 g/mol. The summed E-state index contributed by atoms with van der Waals surface area (Å²) < 4.78 is 144. The second kappa shape index (κ2) is 6.54. The van der Waals surface area contributed by atoms with Crippen molar-refractivity contribution in [2.24, 2.45) is 11.8 Å². The lowest BCUT2D eigenvalue weighted by atomic mass is 10.1. The second-order valence-corrected chi connectivity index (χ2v) is 3.84. The maximum atomic E-state index is 12.0. The molecule has 4 nitrogen and oxygen atoms in total. The summed E-state index contributed by atoms with van der Waals surface area (Å²) in [5.41, 5.74) is 0. The maximum absolute atomic E-state index is 12.0. The van der Waals surface area contributed by atoms with Crippen LogP contribution in [0.4, 0.5) is 52.7 Å². The third-order valence-electron chi connectivity index (χ3n) is 1.99. The molecule has 0 aliphatic rings. The van der Waals surface area contributed by atoms with E-state index < -0.39 is 48.5 Å². The molecule has 0 bridgehead atoms. The lowest BCUT2D eigenvalue weighted by molar-refractivity contribution is -0.329. The van der Waals surface area contributed by atoms with Gasteiger partial charge in [-0.05, 0) is 0 Å². The molecule has 0 atom stereocenters. The van der Waals surface area contributed by atoms with Crippen LogP contribution in [0, 0.1) is 11.8 Å². The number of rotatable bonds is 2. The van der Waals surface area contributed by atoms with Crippen LogP contribution in [0.5, 0.6) is 0 Å². The van der Waals surface area contributed by atoms with Crippen molar-refractivity contribution >= 4 is 11.9 Å². The van der Waals surface area contributed by atoms with Crippen LogP contribution in [-0.4, -0.2) is 36.6 Å². The molecule has 0 aromatic rings. The predicted molar refractivity (Wildman–Crippen MR) is 43.4 cm³/mol. The fourth-order valence-corrected chi connectivity index (χ4v) is 1.08. The molecule has 0 heterocycles. The summed E-state index contributed by atoms with van der Waals surface area (Å²) >= 11 is 0. The molecule has 0 N–H and O–H groups in total. The highest BCUT2D eigenvalue weighted by molar-refractivity contribution is 5.77. The van der Waals surface area contributed by atoms with E-state index in [0.717, 1.165) is 0 Å². The van der Waals surface area contributed by atoms with E-state index in [9.17, 15) is 62.3 Å². The molecule has 16 heteroatoms. The predicted octanol–water partition coefficient (Wildman–Crippen LogP) is 3.47. The van der Waals surface area contributed by atoms with Gasteiger partial charge in [0.15, 0.2) is 0 Å². The fourth-order valence-electron chi connectivity index (χ4n) is 1.08. The van der Waals surface area contributed by atoms with E-state index >= 15 is 0 Å². The van der Waals surface area contributed by atoms with Gasteiger partial charge in [-0.3, -0.25) is 0 Å². The molecule has 0 unspecified atom stereocenters. The van der Waals surface area contributed by atoms with Crippen LogP contribution in [0.2, 0.25) is 0 Å². The first-order valence-corrected chi connectivity index (χ1v) is 4.98. The standard InChI is InChI=1S/C8H2F12O4/c9-5(10,11)1(6(12,13)14)3(21)23-24-4(22)2(7(15,16)17)8(18,19)20/h1-2H. The first kappa shape index (κ1) is 22.1. The van der Waals surface area contributed by atoms with Crippen molar-refractivity contribution in [1.29, 1.82) is 0 Å². The van der Waals surface area contributed by atoms with Crippen LogP contribution in [0.25, 0.3) is 0 Å². The van der Waals surface area contributed by atoms with E-state index in [-0.39, 0.29) is 0 Å². The van der Waals surface area contributed by atoms with Gasteiger partial charge in [0.05, 0.1) is 0 Å². The van der Waals surface area contributed by atoms with Crippen molar-refractivity contribution in [3.8, 4) is 0 Å². The Bertz CT molecular complexity index is 397. The van der Waals surface area contributed by atoms with Crippen LogP contribution in [-0.2, 0) is 19.4 Å². The van der Waals surface area contributed by atoms with E-state index in [4.69, 9.17) is 0 Å². The minimum absolute atomic E-state index is 2.56. The van der Waals surface area contributed by atoms with Crippen molar-refractivity contribution in [2.75, 3.05) is 0 Å². The van der Waals surface area contributed by atoms with Crippen LogP contribution < -0.4 is 0 Å². The molecule has 0 radical (unpaired) electrons. The van der Waals surface area contributed by atoms with Gasteiger partial charge in [0.1, 0.15) is 0 Å². The van der Waals surface area contributed by atoms with Gasteiger partial charge in [-0.25, -0.2) is 19.4 Å². The molecule has 0 aromatic heterocycles. The highest BCUT2D eigenvalue weighted by Crippen LogP contribution is 2.41. The van der Waals surface area contributed by atoms with Gasteiger partial charge < -0.3 is 0 Å². The Hall–Kier alpha value is -1.90. The van der Waals surface area contributed by atoms with Gasteiger partial charge >= 0.3 is 36.6 Å². The molecule has 0 fully saturated rings. The highest BCUT2D eigenvalue weighted by Gasteiger charge is 2.65. The van der Waals surface area contributed by atoms with E-state index in [1.54, 1.807) is 0 Å². The van der Waals surface area contributed by atoms with Gasteiger partial charge in [-0.15, -0.1) is 0 Å². The Morgan fingerprint density at radius 1 is 0.500 bits per heavy atom. The lowest BCUT2D eigenvalue weighted by Gasteiger charge is -2.22. The fraction of sp³-hybridized carbons (Fsp3) is 0.750. The first-order valence-electron chi connectivity index (χ1n) is 4.98. The molecule has 0 amide bonds. The molecule has 0 spiro atoms. The van der Waals surface area contributed by atoms with Crippen molar-refractivity contribution in [3.05, 3.63) is 0 Å². The van der Waals surface area contributed by atoms with Crippen molar-refractivity contribution < 1.29 is 72.0 Å². The summed E-state index contributed by atoms with van der Waals surface area (Å²) in [7, 11) is 0. The largest absolute Gasteiger partial charge is 0.411 e. The quantitative estimate of drug-likeness (QED) is 0.412. The average Bonchev–Trinajstić information content (AvgIpc) is 2.17. The minimum Gasteiger partial charge on any atom is -0.246 e. The maximum Gasteiger partial charge on any atom is 0.411 e. The van der Waals surface area contributed by atoms with Crippen LogP contribution in [0.3, 0.4) is 0 Å². The summed E-state index contributed by atoms with van der Waals surface area (Å²) in [6.07, 6.45) is -25.5. The smallest absolute Gasteiger partial charge is 0.246 e.